The lowest BCUT2D eigenvalue weighted by atomic mass is 10.1. The number of hydrogen-bond donors (Lipinski definition) is 2. The zero-order chi connectivity index (χ0) is 11.7. The van der Waals surface area contributed by atoms with Crippen LogP contribution in [0.1, 0.15) is 40.5 Å². The zero-order valence-electron chi connectivity index (χ0n) is 10.7. The molecule has 0 aromatic carbocycles. The molecule has 2 N–H and O–H groups in total. The van der Waals surface area contributed by atoms with E-state index >= 15 is 0 Å². The molecule has 0 aliphatic heterocycles. The molecule has 15 heavy (non-hydrogen) atoms. The minimum absolute atomic E-state index is 0.411. The van der Waals surface area contributed by atoms with Crippen molar-refractivity contribution in [3.63, 3.8) is 0 Å². The number of nitrogens with one attached hydrogen (secondary N) is 1. The molecule has 2 atom stereocenters. The predicted molar refractivity (Wildman–Crippen MR) is 64.1 cm³/mol. The molecule has 0 heterocycles. The van der Waals surface area contributed by atoms with Gasteiger partial charge in [0, 0.05) is 13.2 Å². The van der Waals surface area contributed by atoms with Gasteiger partial charge in [0.1, 0.15) is 0 Å². The molecule has 2 unspecified atom stereocenters. The summed E-state index contributed by atoms with van der Waals surface area (Å²) in [5, 5.41) is 13.0. The van der Waals surface area contributed by atoms with Crippen molar-refractivity contribution in [3.05, 3.63) is 0 Å². The third-order valence-corrected chi connectivity index (χ3v) is 2.35. The Kier molecular flexibility index (Phi) is 8.02. The fourth-order valence-corrected chi connectivity index (χ4v) is 1.50. The summed E-state index contributed by atoms with van der Waals surface area (Å²) in [5.74, 6) is 0.588. The monoisotopic (exact) mass is 217 g/mol. The van der Waals surface area contributed by atoms with Gasteiger partial charge in [0.25, 0.3) is 0 Å². The van der Waals surface area contributed by atoms with Crippen molar-refractivity contribution in [3.8, 4) is 0 Å². The fraction of sp³-hybridized carbons (Fsp3) is 1.00. The first-order valence-corrected chi connectivity index (χ1v) is 6.02. The third-order valence-electron chi connectivity index (χ3n) is 2.35. The summed E-state index contributed by atoms with van der Waals surface area (Å²) in [4.78, 5) is 0. The molecule has 3 heteroatoms. The smallest absolute Gasteiger partial charge is 0.0975 e. The fourth-order valence-electron chi connectivity index (χ4n) is 1.50. The standard InChI is InChI=1S/C12H27NO2/c1-5-7-11(3)8-15-10-12(4,14)9-13-6-2/h11,13-14H,5-10H2,1-4H3. The van der Waals surface area contributed by atoms with Crippen LogP contribution in [0.4, 0.5) is 0 Å². The molecule has 0 amide bonds. The van der Waals surface area contributed by atoms with E-state index < -0.39 is 5.60 Å². The highest BCUT2D eigenvalue weighted by Gasteiger charge is 2.19. The molecule has 92 valence electrons. The van der Waals surface area contributed by atoms with E-state index in [-0.39, 0.29) is 0 Å². The van der Waals surface area contributed by atoms with Crippen LogP contribution in [0.2, 0.25) is 0 Å². The van der Waals surface area contributed by atoms with Crippen molar-refractivity contribution in [2.24, 2.45) is 5.92 Å². The van der Waals surface area contributed by atoms with Crippen LogP contribution in [-0.4, -0.2) is 37.0 Å². The second-order valence-electron chi connectivity index (χ2n) is 4.69. The van der Waals surface area contributed by atoms with E-state index in [0.29, 0.717) is 19.1 Å². The van der Waals surface area contributed by atoms with E-state index in [1.807, 2.05) is 6.92 Å². The second-order valence-corrected chi connectivity index (χ2v) is 4.69. The van der Waals surface area contributed by atoms with E-state index in [4.69, 9.17) is 4.74 Å². The van der Waals surface area contributed by atoms with Crippen molar-refractivity contribution in [1.29, 1.82) is 0 Å². The summed E-state index contributed by atoms with van der Waals surface area (Å²) in [6.07, 6.45) is 2.38. The van der Waals surface area contributed by atoms with Gasteiger partial charge in [-0.05, 0) is 25.8 Å². The van der Waals surface area contributed by atoms with Crippen molar-refractivity contribution < 1.29 is 9.84 Å². The summed E-state index contributed by atoms with van der Waals surface area (Å²) < 4.78 is 5.52. The first kappa shape index (κ1) is 14.9. The van der Waals surface area contributed by atoms with Gasteiger partial charge in [0.15, 0.2) is 0 Å². The van der Waals surface area contributed by atoms with Crippen LogP contribution in [0.3, 0.4) is 0 Å². The summed E-state index contributed by atoms with van der Waals surface area (Å²) in [7, 11) is 0. The first-order valence-electron chi connectivity index (χ1n) is 6.02. The first-order chi connectivity index (χ1) is 7.02. The topological polar surface area (TPSA) is 41.5 Å². The Morgan fingerprint density at radius 2 is 2.07 bits per heavy atom. The molecule has 0 aromatic rings. The third kappa shape index (κ3) is 8.85. The zero-order valence-corrected chi connectivity index (χ0v) is 10.7. The molecule has 3 nitrogen and oxygen atoms in total. The molecule has 0 bridgehead atoms. The van der Waals surface area contributed by atoms with Crippen molar-refractivity contribution >= 4 is 0 Å². The molecular formula is C12H27NO2. The molecule has 0 aliphatic rings. The molecule has 0 spiro atoms. The van der Waals surface area contributed by atoms with Crippen molar-refractivity contribution in [2.45, 2.75) is 46.1 Å². The number of likely N-dealkylation sites (N-methyl/N-ethyl adjacent to an activating group) is 1. The molecule has 0 aromatic heterocycles. The summed E-state index contributed by atoms with van der Waals surface area (Å²) in [6.45, 7) is 10.8. The lowest BCUT2D eigenvalue weighted by Crippen LogP contribution is -2.42. The Morgan fingerprint density at radius 1 is 1.40 bits per heavy atom. The second kappa shape index (κ2) is 8.08. The number of aliphatic hydroxyl groups is 1. The quantitative estimate of drug-likeness (QED) is 0.619. The lowest BCUT2D eigenvalue weighted by Gasteiger charge is -2.24. The Hall–Kier alpha value is -0.120. The highest BCUT2D eigenvalue weighted by Crippen LogP contribution is 2.08. The van der Waals surface area contributed by atoms with Gasteiger partial charge in [-0.3, -0.25) is 0 Å². The van der Waals surface area contributed by atoms with E-state index in [2.05, 4.69) is 19.2 Å². The van der Waals surface area contributed by atoms with Gasteiger partial charge >= 0.3 is 0 Å². The molecule has 0 saturated heterocycles. The molecule has 0 saturated carbocycles. The van der Waals surface area contributed by atoms with Crippen LogP contribution in [0.25, 0.3) is 0 Å². The SMILES string of the molecule is CCCC(C)COCC(C)(O)CNCC. The summed E-state index contributed by atoms with van der Waals surface area (Å²) >= 11 is 0. The normalized spacial score (nSPS) is 17.4. The van der Waals surface area contributed by atoms with Crippen LogP contribution in [0.5, 0.6) is 0 Å². The minimum Gasteiger partial charge on any atom is -0.386 e. The van der Waals surface area contributed by atoms with Gasteiger partial charge in [-0.1, -0.05) is 27.2 Å². The van der Waals surface area contributed by atoms with Gasteiger partial charge in [-0.2, -0.15) is 0 Å². The Labute approximate surface area is 94.2 Å². The maximum absolute atomic E-state index is 9.90. The van der Waals surface area contributed by atoms with Crippen molar-refractivity contribution in [2.75, 3.05) is 26.3 Å². The molecular weight excluding hydrogens is 190 g/mol. The van der Waals surface area contributed by atoms with Gasteiger partial charge in [-0.15, -0.1) is 0 Å². The Morgan fingerprint density at radius 3 is 2.60 bits per heavy atom. The highest BCUT2D eigenvalue weighted by atomic mass is 16.5. The van der Waals surface area contributed by atoms with Gasteiger partial charge in [-0.25, -0.2) is 0 Å². The van der Waals surface area contributed by atoms with E-state index in [0.717, 1.165) is 13.2 Å². The number of ether oxygens (including phenoxy) is 1. The minimum atomic E-state index is -0.748. The maximum Gasteiger partial charge on any atom is 0.0975 e. The summed E-state index contributed by atoms with van der Waals surface area (Å²) in [6, 6.07) is 0. The predicted octanol–water partition coefficient (Wildman–Crippen LogP) is 1.80. The van der Waals surface area contributed by atoms with Gasteiger partial charge < -0.3 is 15.2 Å². The average Bonchev–Trinajstić information content (AvgIpc) is 2.15. The molecule has 0 fully saturated rings. The number of rotatable bonds is 9. The summed E-state index contributed by atoms with van der Waals surface area (Å²) in [5.41, 5.74) is -0.748. The van der Waals surface area contributed by atoms with E-state index in [9.17, 15) is 5.11 Å². The molecule has 0 rings (SSSR count). The maximum atomic E-state index is 9.90. The van der Waals surface area contributed by atoms with Crippen LogP contribution in [-0.2, 0) is 4.74 Å². The van der Waals surface area contributed by atoms with Crippen LogP contribution in [0, 0.1) is 5.92 Å². The van der Waals surface area contributed by atoms with Crippen LogP contribution in [0.15, 0.2) is 0 Å². The molecule has 0 radical (unpaired) electrons. The lowest BCUT2D eigenvalue weighted by molar-refractivity contribution is -0.0399. The Bertz CT molecular complexity index is 149. The van der Waals surface area contributed by atoms with Crippen molar-refractivity contribution in [1.82, 2.24) is 5.32 Å². The van der Waals surface area contributed by atoms with Gasteiger partial charge in [0.2, 0.25) is 0 Å². The van der Waals surface area contributed by atoms with Crippen LogP contribution >= 0.6 is 0 Å². The van der Waals surface area contributed by atoms with Crippen LogP contribution < -0.4 is 5.32 Å². The highest BCUT2D eigenvalue weighted by molar-refractivity contribution is 4.74. The van der Waals surface area contributed by atoms with E-state index in [1.54, 1.807) is 6.92 Å². The average molecular weight is 217 g/mol. The number of hydrogen-bond acceptors (Lipinski definition) is 3. The van der Waals surface area contributed by atoms with E-state index in [1.165, 1.54) is 12.8 Å². The Balaban J connectivity index is 3.55. The van der Waals surface area contributed by atoms with Gasteiger partial charge in [0.05, 0.1) is 12.2 Å². The largest absolute Gasteiger partial charge is 0.386 e. The molecule has 0 aliphatic carbocycles.